The molecule has 3 rings (SSSR count). The Labute approximate surface area is 152 Å². The average molecular weight is 362 g/mol. The third-order valence-corrected chi connectivity index (χ3v) is 5.23. The second-order valence-corrected chi connectivity index (χ2v) is 7.12. The fourth-order valence-corrected chi connectivity index (χ4v) is 3.92. The van der Waals surface area contributed by atoms with E-state index in [9.17, 15) is 19.5 Å². The van der Waals surface area contributed by atoms with Crippen LogP contribution in [0.4, 0.5) is 0 Å². The summed E-state index contributed by atoms with van der Waals surface area (Å²) < 4.78 is 0. The van der Waals surface area contributed by atoms with Crippen LogP contribution in [-0.4, -0.2) is 50.9 Å². The van der Waals surface area contributed by atoms with Gasteiger partial charge in [0.05, 0.1) is 6.07 Å². The van der Waals surface area contributed by atoms with E-state index in [1.54, 1.807) is 4.90 Å². The highest BCUT2D eigenvalue weighted by atomic mass is 16.3. The fourth-order valence-electron chi connectivity index (χ4n) is 3.92. The molecule has 142 valence electrons. The fraction of sp³-hybridized carbons (Fsp3) is 0.667. The van der Waals surface area contributed by atoms with Crippen molar-refractivity contribution in [2.45, 2.75) is 57.4 Å². The largest absolute Gasteiger partial charge is 0.493 e. The van der Waals surface area contributed by atoms with E-state index in [4.69, 9.17) is 0 Å². The molecule has 1 aliphatic heterocycles. The van der Waals surface area contributed by atoms with Crippen molar-refractivity contribution in [2.24, 2.45) is 5.92 Å². The number of nitrogens with zero attached hydrogens (tertiary/aromatic N) is 2. The van der Waals surface area contributed by atoms with Gasteiger partial charge in [0.15, 0.2) is 0 Å². The summed E-state index contributed by atoms with van der Waals surface area (Å²) in [5, 5.41) is 12.2. The number of carbonyl (C=O) groups is 2. The molecule has 2 fully saturated rings. The standard InChI is InChI=1S/C18H26N4O4/c23-15-11-16(24)21-14(20-15)8-9-19-17(25)13-7-4-10-22(13)18(26)12-5-2-1-3-6-12/h11-13H,1-10H2,(H,19,25)(H2,20,21,23,24)/t13-/m0/s1. The number of likely N-dealkylation sites (tertiary alicyclic amines) is 1. The van der Waals surface area contributed by atoms with E-state index < -0.39 is 11.6 Å². The van der Waals surface area contributed by atoms with Gasteiger partial charge >= 0.3 is 0 Å². The van der Waals surface area contributed by atoms with E-state index in [0.717, 1.165) is 38.2 Å². The van der Waals surface area contributed by atoms with Crippen molar-refractivity contribution in [3.05, 3.63) is 22.2 Å². The Hall–Kier alpha value is -2.38. The lowest BCUT2D eigenvalue weighted by Gasteiger charge is -2.30. The van der Waals surface area contributed by atoms with E-state index in [1.165, 1.54) is 6.42 Å². The summed E-state index contributed by atoms with van der Waals surface area (Å²) in [5.74, 6) is 0.0150. The lowest BCUT2D eigenvalue weighted by molar-refractivity contribution is -0.142. The van der Waals surface area contributed by atoms with Gasteiger partial charge in [-0.3, -0.25) is 14.4 Å². The molecule has 0 spiro atoms. The molecule has 2 heterocycles. The first-order valence-corrected chi connectivity index (χ1v) is 9.42. The molecule has 8 heteroatoms. The normalized spacial score (nSPS) is 20.9. The van der Waals surface area contributed by atoms with Crippen LogP contribution in [0, 0.1) is 5.92 Å². The number of aromatic nitrogens is 2. The van der Waals surface area contributed by atoms with Crippen LogP contribution in [0.15, 0.2) is 10.9 Å². The van der Waals surface area contributed by atoms with Crippen LogP contribution in [0.5, 0.6) is 5.88 Å². The van der Waals surface area contributed by atoms with Crippen LogP contribution in [0.25, 0.3) is 0 Å². The summed E-state index contributed by atoms with van der Waals surface area (Å²) in [7, 11) is 0. The Bertz CT molecular complexity index is 711. The van der Waals surface area contributed by atoms with Gasteiger partial charge in [-0.05, 0) is 25.7 Å². The summed E-state index contributed by atoms with van der Waals surface area (Å²) in [6, 6.07) is 0.593. The topological polar surface area (TPSA) is 115 Å². The lowest BCUT2D eigenvalue weighted by Crippen LogP contribution is -2.48. The third-order valence-electron chi connectivity index (χ3n) is 5.23. The Morgan fingerprint density at radius 3 is 2.73 bits per heavy atom. The van der Waals surface area contributed by atoms with Crippen LogP contribution in [0.3, 0.4) is 0 Å². The second kappa shape index (κ2) is 8.33. The van der Waals surface area contributed by atoms with E-state index >= 15 is 0 Å². The summed E-state index contributed by atoms with van der Waals surface area (Å²) in [5.41, 5.74) is -0.432. The molecule has 1 aromatic heterocycles. The van der Waals surface area contributed by atoms with Crippen LogP contribution in [0.2, 0.25) is 0 Å². The number of carbonyl (C=O) groups excluding carboxylic acids is 2. The van der Waals surface area contributed by atoms with Gasteiger partial charge in [-0.2, -0.15) is 0 Å². The summed E-state index contributed by atoms with van der Waals surface area (Å²) in [6.45, 7) is 0.933. The Kier molecular flexibility index (Phi) is 5.90. The molecule has 1 saturated carbocycles. The molecule has 1 aromatic rings. The number of H-pyrrole nitrogens is 1. The molecule has 2 aliphatic rings. The zero-order valence-electron chi connectivity index (χ0n) is 14.9. The van der Waals surface area contributed by atoms with Crippen molar-refractivity contribution in [2.75, 3.05) is 13.1 Å². The van der Waals surface area contributed by atoms with Gasteiger partial charge in [0.25, 0.3) is 5.56 Å². The molecule has 0 bridgehead atoms. The van der Waals surface area contributed by atoms with Crippen LogP contribution in [-0.2, 0) is 16.0 Å². The number of hydrogen-bond donors (Lipinski definition) is 3. The SMILES string of the molecule is O=C(NCCc1nc(O)cc(=O)[nH]1)[C@@H]1CCCN1C(=O)C1CCCCC1. The van der Waals surface area contributed by atoms with Crippen LogP contribution >= 0.6 is 0 Å². The second-order valence-electron chi connectivity index (χ2n) is 7.12. The van der Waals surface area contributed by atoms with Gasteiger partial charge in [0.1, 0.15) is 11.9 Å². The number of hydrogen-bond acceptors (Lipinski definition) is 5. The van der Waals surface area contributed by atoms with Crippen LogP contribution < -0.4 is 10.9 Å². The summed E-state index contributed by atoms with van der Waals surface area (Å²) >= 11 is 0. The average Bonchev–Trinajstić information content (AvgIpc) is 3.11. The van der Waals surface area contributed by atoms with Gasteiger partial charge in [-0.1, -0.05) is 19.3 Å². The monoisotopic (exact) mass is 362 g/mol. The maximum absolute atomic E-state index is 12.8. The minimum Gasteiger partial charge on any atom is -0.493 e. The van der Waals surface area contributed by atoms with Crippen molar-refractivity contribution in [1.82, 2.24) is 20.2 Å². The highest BCUT2D eigenvalue weighted by molar-refractivity contribution is 5.89. The van der Waals surface area contributed by atoms with Gasteiger partial charge in [-0.25, -0.2) is 4.98 Å². The molecule has 1 aliphatic carbocycles. The molecule has 3 N–H and O–H groups in total. The smallest absolute Gasteiger partial charge is 0.254 e. The molecule has 26 heavy (non-hydrogen) atoms. The first-order chi connectivity index (χ1) is 12.5. The third kappa shape index (κ3) is 4.42. The van der Waals surface area contributed by atoms with Crippen molar-refractivity contribution in [3.63, 3.8) is 0 Å². The molecule has 2 amide bonds. The van der Waals surface area contributed by atoms with E-state index in [1.807, 2.05) is 0 Å². The van der Waals surface area contributed by atoms with Crippen molar-refractivity contribution >= 4 is 11.8 Å². The predicted octanol–water partition coefficient (Wildman–Crippen LogP) is 0.705. The number of rotatable bonds is 5. The number of nitrogens with one attached hydrogen (secondary N) is 2. The number of aromatic hydroxyl groups is 1. The summed E-state index contributed by atoms with van der Waals surface area (Å²) in [4.78, 5) is 44.7. The molecule has 0 radical (unpaired) electrons. The molecule has 1 atom stereocenters. The van der Waals surface area contributed by atoms with E-state index in [2.05, 4.69) is 15.3 Å². The predicted molar refractivity (Wildman–Crippen MR) is 94.5 cm³/mol. The first-order valence-electron chi connectivity index (χ1n) is 9.42. The molecule has 0 unspecified atom stereocenters. The summed E-state index contributed by atoms with van der Waals surface area (Å²) in [6.07, 6.45) is 7.08. The minimum absolute atomic E-state index is 0.0683. The van der Waals surface area contributed by atoms with Crippen molar-refractivity contribution in [3.8, 4) is 5.88 Å². The Balaban J connectivity index is 1.53. The van der Waals surface area contributed by atoms with Gasteiger partial charge in [0.2, 0.25) is 17.7 Å². The Morgan fingerprint density at radius 2 is 2.00 bits per heavy atom. The molecule has 1 saturated heterocycles. The minimum atomic E-state index is -0.432. The zero-order valence-corrected chi connectivity index (χ0v) is 14.9. The lowest BCUT2D eigenvalue weighted by atomic mass is 9.88. The van der Waals surface area contributed by atoms with E-state index in [0.29, 0.717) is 25.2 Å². The van der Waals surface area contributed by atoms with Crippen molar-refractivity contribution in [1.29, 1.82) is 0 Å². The number of aromatic amines is 1. The molecular weight excluding hydrogens is 336 g/mol. The van der Waals surface area contributed by atoms with Gasteiger partial charge in [-0.15, -0.1) is 0 Å². The molecular formula is C18H26N4O4. The zero-order chi connectivity index (χ0) is 18.5. The molecule has 0 aromatic carbocycles. The van der Waals surface area contributed by atoms with Gasteiger partial charge < -0.3 is 20.3 Å². The highest BCUT2D eigenvalue weighted by Crippen LogP contribution is 2.28. The Morgan fingerprint density at radius 1 is 1.23 bits per heavy atom. The maximum atomic E-state index is 12.8. The maximum Gasteiger partial charge on any atom is 0.254 e. The number of amides is 2. The van der Waals surface area contributed by atoms with Gasteiger partial charge in [0, 0.05) is 25.4 Å². The first kappa shape index (κ1) is 18.4. The van der Waals surface area contributed by atoms with E-state index in [-0.39, 0.29) is 30.2 Å². The highest BCUT2D eigenvalue weighted by Gasteiger charge is 2.37. The van der Waals surface area contributed by atoms with Crippen LogP contribution in [0.1, 0.15) is 50.8 Å². The van der Waals surface area contributed by atoms with Crippen molar-refractivity contribution < 1.29 is 14.7 Å². The quantitative estimate of drug-likeness (QED) is 0.713. The molecule has 8 nitrogen and oxygen atoms in total.